The van der Waals surface area contributed by atoms with Crippen molar-refractivity contribution in [2.45, 2.75) is 127 Å². The molecule has 3 aromatic carbocycles. The Bertz CT molecular complexity index is 1930. The van der Waals surface area contributed by atoms with Crippen molar-refractivity contribution in [3.05, 3.63) is 100.0 Å². The Hall–Kier alpha value is -2.79. The third-order valence-electron chi connectivity index (χ3n) is 10.5. The second kappa shape index (κ2) is 20.2. The molecule has 6 rings (SSSR count). The number of hydrogen-bond donors (Lipinski definition) is 0. The van der Waals surface area contributed by atoms with Crippen molar-refractivity contribution in [1.82, 2.24) is 15.0 Å². The van der Waals surface area contributed by atoms with Gasteiger partial charge in [0.1, 0.15) is 0 Å². The molecule has 13 heteroatoms. The predicted octanol–water partition coefficient (Wildman–Crippen LogP) is 10.7. The first-order chi connectivity index (χ1) is 27.3. The summed E-state index contributed by atoms with van der Waals surface area (Å²) in [4.78, 5) is 4.81. The molecule has 0 radical (unpaired) electrons. The smallest absolute Gasteiger partial charge is 0.0146 e. The molecule has 9 nitrogen and oxygen atoms in total. The van der Waals surface area contributed by atoms with Crippen molar-refractivity contribution in [2.24, 2.45) is 11.8 Å². The van der Waals surface area contributed by atoms with Crippen LogP contribution in [0.5, 0.6) is 11.5 Å². The number of aryl methyl sites for hydroxylation is 7. The van der Waals surface area contributed by atoms with Crippen LogP contribution in [0.25, 0.3) is 0 Å². The van der Waals surface area contributed by atoms with Crippen LogP contribution >= 0.6 is 19.4 Å². The summed E-state index contributed by atoms with van der Waals surface area (Å²) < 4.78 is 27.3. The van der Waals surface area contributed by atoms with Crippen molar-refractivity contribution in [3.63, 3.8) is 0 Å². The molecule has 2 fully saturated rings. The standard InChI is InChI=1S/C24H37N3O4Si.C21H27N2.2ClH.Ru/c1-16(2)23-24(17(3)4)31-32(8,30-23)12-11-27-14-20(25-26-27)15-28-21-9-10-22(19(7)13-21)29-18(5)6;1-14-9-16(3)20(17(4)10-14)22-7-8-23(13-22)21-18(5)11-15(2)12-19(21)6;;;/h7,9-10,13-14,16-18,23-24H,11-12,15H2,1-6,8H3;9-13H,7-8H2,1-6H3;2*1H;/q;-1;;;+2/p-1. The number of rotatable bonds is 13. The molecule has 1 aromatic heterocycles. The Morgan fingerprint density at radius 1 is 0.845 bits per heavy atom. The SMILES string of the molecule is CC(C)[OH+]c1ccc(OCc2cn(CC[Si]3(C)OC(C(C)C)C(C(C)C)O3)nn2)cc1[CH]=[Ru]([Cl])[Cl].Cc1cc(C)c(N2[CH-]N(c3c(C)cc(C)cc3C)CC2)c(C)c1. The van der Waals surface area contributed by atoms with Gasteiger partial charge in [-0.2, -0.15) is 6.67 Å². The summed E-state index contributed by atoms with van der Waals surface area (Å²) in [6.07, 6.45) is 2.41. The molecule has 3 heterocycles. The van der Waals surface area contributed by atoms with E-state index < -0.39 is 22.1 Å². The maximum atomic E-state index is 6.49. The van der Waals surface area contributed by atoms with Gasteiger partial charge < -0.3 is 18.7 Å². The van der Waals surface area contributed by atoms with Crippen LogP contribution in [0.15, 0.2) is 48.7 Å². The zero-order valence-electron chi connectivity index (χ0n) is 36.7. The molecule has 0 amide bonds. The zero-order valence-corrected chi connectivity index (χ0v) is 41.0. The van der Waals surface area contributed by atoms with E-state index in [0.717, 1.165) is 36.1 Å². The van der Waals surface area contributed by atoms with Gasteiger partial charge in [0, 0.05) is 24.5 Å². The van der Waals surface area contributed by atoms with Crippen LogP contribution in [0, 0.1) is 60.0 Å². The van der Waals surface area contributed by atoms with Gasteiger partial charge in [0.25, 0.3) is 0 Å². The van der Waals surface area contributed by atoms with Crippen molar-refractivity contribution < 1.29 is 31.8 Å². The van der Waals surface area contributed by atoms with E-state index in [-0.39, 0.29) is 18.3 Å². The Labute approximate surface area is 362 Å². The molecule has 320 valence electrons. The molecule has 2 aliphatic heterocycles. The van der Waals surface area contributed by atoms with Gasteiger partial charge >= 0.3 is 157 Å². The number of anilines is 2. The van der Waals surface area contributed by atoms with Crippen LogP contribution in [-0.4, -0.2) is 64.3 Å². The van der Waals surface area contributed by atoms with Gasteiger partial charge in [-0.25, -0.2) is 0 Å². The second-order valence-corrected chi connectivity index (χ2v) is 26.0. The summed E-state index contributed by atoms with van der Waals surface area (Å²) >= 11 is -1.99. The van der Waals surface area contributed by atoms with E-state index in [0.29, 0.717) is 30.7 Å². The fraction of sp³-hybridized carbons (Fsp3) is 0.511. The number of hydrogen-bond acceptors (Lipinski definition) is 7. The van der Waals surface area contributed by atoms with E-state index in [1.54, 1.807) is 0 Å². The van der Waals surface area contributed by atoms with Gasteiger partial charge in [-0.15, -0.1) is 0 Å². The third kappa shape index (κ3) is 12.2. The van der Waals surface area contributed by atoms with Crippen molar-refractivity contribution in [3.8, 4) is 11.5 Å². The average Bonchev–Trinajstić information content (AvgIpc) is 3.86. The summed E-state index contributed by atoms with van der Waals surface area (Å²) in [7, 11) is 9.96. The van der Waals surface area contributed by atoms with E-state index in [1.165, 1.54) is 44.8 Å². The first-order valence-corrected chi connectivity index (χ1v) is 28.4. The normalized spacial score (nSPS) is 19.6. The van der Waals surface area contributed by atoms with Gasteiger partial charge in [0.05, 0.1) is 12.2 Å². The second-order valence-electron chi connectivity index (χ2n) is 17.0. The Morgan fingerprint density at radius 3 is 1.83 bits per heavy atom. The van der Waals surface area contributed by atoms with Crippen LogP contribution in [0.1, 0.15) is 86.2 Å². The van der Waals surface area contributed by atoms with Crippen LogP contribution in [0.4, 0.5) is 11.4 Å². The van der Waals surface area contributed by atoms with E-state index >= 15 is 0 Å². The molecule has 0 spiro atoms. The molecule has 58 heavy (non-hydrogen) atoms. The van der Waals surface area contributed by atoms with Gasteiger partial charge in [0.15, 0.2) is 0 Å². The van der Waals surface area contributed by atoms with Crippen molar-refractivity contribution in [1.29, 1.82) is 0 Å². The van der Waals surface area contributed by atoms with E-state index in [1.807, 2.05) is 47.5 Å². The quantitative estimate of drug-likeness (QED) is 0.0751. The van der Waals surface area contributed by atoms with Crippen molar-refractivity contribution in [2.75, 3.05) is 22.9 Å². The van der Waals surface area contributed by atoms with E-state index in [9.17, 15) is 0 Å². The summed E-state index contributed by atoms with van der Waals surface area (Å²) in [6, 6.07) is 15.7. The minimum Gasteiger partial charge on any atom is -0.502 e. The molecule has 2 unspecified atom stereocenters. The van der Waals surface area contributed by atoms with Gasteiger partial charge in [-0.1, -0.05) is 63.1 Å². The number of benzene rings is 3. The topological polar surface area (TPSA) is 77.7 Å². The first-order valence-electron chi connectivity index (χ1n) is 20.4. The van der Waals surface area contributed by atoms with Crippen LogP contribution in [0.2, 0.25) is 12.6 Å². The van der Waals surface area contributed by atoms with Crippen LogP contribution < -0.4 is 14.5 Å². The molecule has 2 atom stereocenters. The number of ether oxygens (including phenoxy) is 2. The Kier molecular flexibility index (Phi) is 16.1. The first kappa shape index (κ1) is 46.3. The Morgan fingerprint density at radius 2 is 1.36 bits per heavy atom. The monoisotopic (exact) mass is 939 g/mol. The average molecular weight is 940 g/mol. The molecular weight excluding hydrogens is 875 g/mol. The molecule has 2 aliphatic rings. The molecule has 0 saturated carbocycles. The summed E-state index contributed by atoms with van der Waals surface area (Å²) in [6.45, 7) is 33.6. The summed E-state index contributed by atoms with van der Waals surface area (Å²) in [5.74, 6) is 2.44. The number of aliphatic hydroxyl groups is 1. The minimum atomic E-state index is -2.27. The van der Waals surface area contributed by atoms with Gasteiger partial charge in [-0.3, -0.25) is 0 Å². The predicted molar refractivity (Wildman–Crippen MR) is 241 cm³/mol. The molecule has 0 bridgehead atoms. The van der Waals surface area contributed by atoms with Crippen LogP contribution in [-0.2, 0) is 35.5 Å². The molecule has 1 N–H and O–H groups in total. The Balaban J connectivity index is 0.000000240. The van der Waals surface area contributed by atoms with Gasteiger partial charge in [-0.05, 0) is 82.2 Å². The number of aromatic hydroxyl groups is 1. The third-order valence-corrected chi connectivity index (χ3v) is 15.0. The molecule has 0 aliphatic carbocycles. The minimum absolute atomic E-state index is 0.156. The maximum absolute atomic E-state index is 6.49. The maximum Gasteiger partial charge on any atom is 0.0146 e. The largest absolute Gasteiger partial charge is 0.502 e. The molecule has 2 saturated heterocycles. The van der Waals surface area contributed by atoms with Crippen LogP contribution in [0.3, 0.4) is 0 Å². The number of halogens is 2. The summed E-state index contributed by atoms with van der Waals surface area (Å²) in [5.41, 5.74) is 12.5. The van der Waals surface area contributed by atoms with E-state index in [4.69, 9.17) is 33.0 Å². The zero-order chi connectivity index (χ0) is 42.5. The molecule has 4 aromatic rings. The van der Waals surface area contributed by atoms with E-state index in [2.05, 4.69) is 132 Å². The fourth-order valence-corrected chi connectivity index (χ4v) is 12.8. The van der Waals surface area contributed by atoms with Crippen molar-refractivity contribution >= 4 is 43.9 Å². The summed E-state index contributed by atoms with van der Waals surface area (Å²) in [5, 5.41) is 8.55. The fourth-order valence-electron chi connectivity index (χ4n) is 8.15. The number of aromatic nitrogens is 3. The van der Waals surface area contributed by atoms with Gasteiger partial charge in [0.2, 0.25) is 0 Å². The number of nitrogens with zero attached hydrogens (tertiary/aromatic N) is 5. The molecular formula is C45H65Cl2N5O4RuSi.